The van der Waals surface area contributed by atoms with Crippen molar-refractivity contribution in [1.29, 1.82) is 0 Å². The largest absolute Gasteiger partial charge is 0.396 e. The predicted molar refractivity (Wildman–Crippen MR) is 104 cm³/mol. The summed E-state index contributed by atoms with van der Waals surface area (Å²) in [5.41, 5.74) is 4.13. The molecule has 0 radical (unpaired) electrons. The second-order valence-electron chi connectivity index (χ2n) is 8.17. The molecular formula is C21H35N3O. The first-order valence-electron chi connectivity index (χ1n) is 9.90. The maximum Gasteiger partial charge on any atom is 0.0446 e. The molecule has 2 aliphatic rings. The van der Waals surface area contributed by atoms with Crippen molar-refractivity contribution < 1.29 is 5.11 Å². The first kappa shape index (κ1) is 18.8. The number of rotatable bonds is 5. The van der Waals surface area contributed by atoms with E-state index in [1.165, 1.54) is 42.6 Å². The van der Waals surface area contributed by atoms with Gasteiger partial charge in [-0.05, 0) is 58.8 Å². The van der Waals surface area contributed by atoms with Crippen molar-refractivity contribution in [2.45, 2.75) is 51.7 Å². The molecular weight excluding hydrogens is 310 g/mol. The fourth-order valence-corrected chi connectivity index (χ4v) is 4.71. The Bertz CT molecular complexity index is 534. The number of aliphatic hydroxyl groups is 1. The van der Waals surface area contributed by atoms with Gasteiger partial charge in [-0.15, -0.1) is 0 Å². The molecule has 0 saturated carbocycles. The van der Waals surface area contributed by atoms with E-state index in [0.29, 0.717) is 18.7 Å². The molecule has 0 aromatic heterocycles. The summed E-state index contributed by atoms with van der Waals surface area (Å²) in [5, 5.41) is 9.57. The van der Waals surface area contributed by atoms with Gasteiger partial charge in [0.05, 0.1) is 0 Å². The highest BCUT2D eigenvalue weighted by Gasteiger charge is 2.32. The molecule has 0 aliphatic carbocycles. The number of aliphatic hydroxyl groups excluding tert-OH is 1. The first-order chi connectivity index (χ1) is 12.0. The van der Waals surface area contributed by atoms with Crippen molar-refractivity contribution >= 4 is 0 Å². The lowest BCUT2D eigenvalue weighted by Crippen LogP contribution is -2.58. The Labute approximate surface area is 153 Å². The second-order valence-corrected chi connectivity index (χ2v) is 8.17. The molecule has 1 unspecified atom stereocenters. The number of likely N-dealkylation sites (tertiary alicyclic amines) is 1. The smallest absolute Gasteiger partial charge is 0.0446 e. The molecule has 140 valence electrons. The average Bonchev–Trinajstić information content (AvgIpc) is 2.55. The van der Waals surface area contributed by atoms with E-state index in [2.05, 4.69) is 53.8 Å². The van der Waals surface area contributed by atoms with Gasteiger partial charge in [-0.2, -0.15) is 0 Å². The summed E-state index contributed by atoms with van der Waals surface area (Å²) in [6.07, 6.45) is 3.45. The summed E-state index contributed by atoms with van der Waals surface area (Å²) in [4.78, 5) is 7.73. The number of piperidine rings is 1. The van der Waals surface area contributed by atoms with Gasteiger partial charge < -0.3 is 10.0 Å². The number of nitrogens with zero attached hydrogens (tertiary/aromatic N) is 3. The molecule has 1 aromatic rings. The van der Waals surface area contributed by atoms with Crippen molar-refractivity contribution in [3.8, 4) is 0 Å². The average molecular weight is 346 g/mol. The standard InChI is InChI=1S/C21H35N3O/c1-17-12-18(2)14-19(13-17)15-23-9-10-24(21(16-23)6-11-25)20-4-7-22(3)8-5-20/h12-14,20-21,25H,4-11,15-16H2,1-3H3. The van der Waals surface area contributed by atoms with Gasteiger partial charge in [0.25, 0.3) is 0 Å². The zero-order valence-electron chi connectivity index (χ0n) is 16.2. The van der Waals surface area contributed by atoms with Crippen LogP contribution in [0.3, 0.4) is 0 Å². The normalized spacial score (nSPS) is 24.7. The minimum atomic E-state index is 0.297. The summed E-state index contributed by atoms with van der Waals surface area (Å²) in [7, 11) is 2.23. The Kier molecular flexibility index (Phi) is 6.50. The van der Waals surface area contributed by atoms with E-state index in [1.807, 2.05) is 0 Å². The number of hydrogen-bond acceptors (Lipinski definition) is 4. The minimum absolute atomic E-state index is 0.297. The topological polar surface area (TPSA) is 30.0 Å². The van der Waals surface area contributed by atoms with Crippen LogP contribution < -0.4 is 0 Å². The molecule has 25 heavy (non-hydrogen) atoms. The van der Waals surface area contributed by atoms with Gasteiger partial charge in [-0.25, -0.2) is 0 Å². The molecule has 4 nitrogen and oxygen atoms in total. The number of hydrogen-bond donors (Lipinski definition) is 1. The van der Waals surface area contributed by atoms with Crippen LogP contribution in [0, 0.1) is 13.8 Å². The number of piperazine rings is 1. The van der Waals surface area contributed by atoms with Crippen LogP contribution in [-0.2, 0) is 6.54 Å². The maximum absolute atomic E-state index is 9.57. The van der Waals surface area contributed by atoms with Crippen LogP contribution in [0.2, 0.25) is 0 Å². The van der Waals surface area contributed by atoms with Gasteiger partial charge in [-0.1, -0.05) is 29.3 Å². The van der Waals surface area contributed by atoms with Crippen LogP contribution >= 0.6 is 0 Å². The fourth-order valence-electron chi connectivity index (χ4n) is 4.71. The van der Waals surface area contributed by atoms with Crippen molar-refractivity contribution in [1.82, 2.24) is 14.7 Å². The molecule has 0 amide bonds. The minimum Gasteiger partial charge on any atom is -0.396 e. The third-order valence-corrected chi connectivity index (χ3v) is 5.92. The zero-order chi connectivity index (χ0) is 17.8. The van der Waals surface area contributed by atoms with Crippen molar-refractivity contribution in [3.05, 3.63) is 34.9 Å². The molecule has 1 atom stereocenters. The lowest BCUT2D eigenvalue weighted by molar-refractivity contribution is 0.00599. The van der Waals surface area contributed by atoms with Crippen LogP contribution in [0.1, 0.15) is 36.0 Å². The number of benzene rings is 1. The monoisotopic (exact) mass is 345 g/mol. The highest BCUT2D eigenvalue weighted by molar-refractivity contribution is 5.28. The summed E-state index contributed by atoms with van der Waals surface area (Å²) >= 11 is 0. The van der Waals surface area contributed by atoms with Crippen LogP contribution in [0.5, 0.6) is 0 Å². The van der Waals surface area contributed by atoms with E-state index in [0.717, 1.165) is 32.6 Å². The van der Waals surface area contributed by atoms with E-state index in [9.17, 15) is 5.11 Å². The maximum atomic E-state index is 9.57. The van der Waals surface area contributed by atoms with E-state index in [-0.39, 0.29) is 0 Å². The van der Waals surface area contributed by atoms with Gasteiger partial charge in [-0.3, -0.25) is 9.80 Å². The van der Waals surface area contributed by atoms with E-state index >= 15 is 0 Å². The van der Waals surface area contributed by atoms with Crippen molar-refractivity contribution in [2.24, 2.45) is 0 Å². The van der Waals surface area contributed by atoms with Gasteiger partial charge in [0.15, 0.2) is 0 Å². The Morgan fingerprint density at radius 2 is 1.68 bits per heavy atom. The molecule has 0 bridgehead atoms. The lowest BCUT2D eigenvalue weighted by atomic mass is 9.98. The summed E-state index contributed by atoms with van der Waals surface area (Å²) < 4.78 is 0. The Hall–Kier alpha value is -0.940. The molecule has 1 aromatic carbocycles. The van der Waals surface area contributed by atoms with Gasteiger partial charge >= 0.3 is 0 Å². The summed E-state index contributed by atoms with van der Waals surface area (Å²) in [6, 6.07) is 8.08. The Morgan fingerprint density at radius 1 is 1.00 bits per heavy atom. The van der Waals surface area contributed by atoms with E-state index in [1.54, 1.807) is 0 Å². The molecule has 2 saturated heterocycles. The molecule has 2 aliphatic heterocycles. The van der Waals surface area contributed by atoms with Crippen LogP contribution in [0.25, 0.3) is 0 Å². The molecule has 0 spiro atoms. The third-order valence-electron chi connectivity index (χ3n) is 5.92. The zero-order valence-corrected chi connectivity index (χ0v) is 16.2. The molecule has 3 rings (SSSR count). The highest BCUT2D eigenvalue weighted by atomic mass is 16.3. The molecule has 2 heterocycles. The second kappa shape index (κ2) is 8.63. The third kappa shape index (κ3) is 5.04. The number of aryl methyl sites for hydroxylation is 2. The van der Waals surface area contributed by atoms with Gasteiger partial charge in [0.2, 0.25) is 0 Å². The quantitative estimate of drug-likeness (QED) is 0.887. The highest BCUT2D eigenvalue weighted by Crippen LogP contribution is 2.24. The first-order valence-corrected chi connectivity index (χ1v) is 9.90. The van der Waals surface area contributed by atoms with E-state index < -0.39 is 0 Å². The van der Waals surface area contributed by atoms with Crippen molar-refractivity contribution in [2.75, 3.05) is 46.4 Å². The SMILES string of the molecule is Cc1cc(C)cc(CN2CCN(C3CCN(C)CC3)C(CCO)C2)c1. The van der Waals surface area contributed by atoms with Gasteiger partial charge in [0, 0.05) is 44.9 Å². The van der Waals surface area contributed by atoms with Crippen molar-refractivity contribution in [3.63, 3.8) is 0 Å². The fraction of sp³-hybridized carbons (Fsp3) is 0.714. The van der Waals surface area contributed by atoms with Gasteiger partial charge in [0.1, 0.15) is 0 Å². The lowest BCUT2D eigenvalue weighted by Gasteiger charge is -2.47. The Morgan fingerprint density at radius 3 is 2.32 bits per heavy atom. The van der Waals surface area contributed by atoms with Crippen LogP contribution in [0.4, 0.5) is 0 Å². The summed E-state index contributed by atoms with van der Waals surface area (Å²) in [6.45, 7) is 11.5. The molecule has 1 N–H and O–H groups in total. The Balaban J connectivity index is 1.62. The molecule has 2 fully saturated rings. The van der Waals surface area contributed by atoms with Crippen LogP contribution in [0.15, 0.2) is 18.2 Å². The van der Waals surface area contributed by atoms with E-state index in [4.69, 9.17) is 0 Å². The predicted octanol–water partition coefficient (Wildman–Crippen LogP) is 2.27. The molecule has 4 heteroatoms. The van der Waals surface area contributed by atoms with Crippen LogP contribution in [-0.4, -0.2) is 78.3 Å². The summed E-state index contributed by atoms with van der Waals surface area (Å²) in [5.74, 6) is 0.